The predicted octanol–water partition coefficient (Wildman–Crippen LogP) is 4.58. The SMILES string of the molecule is CCN(CC)Cc1cccc2[nH]c(-c3ccccc3NS(=O)(=O)c3ccc(O)cc3)nc12. The monoisotopic (exact) mass is 450 g/mol. The molecule has 0 spiro atoms. The van der Waals surface area contributed by atoms with E-state index in [-0.39, 0.29) is 10.6 Å². The van der Waals surface area contributed by atoms with Crippen molar-refractivity contribution in [3.63, 3.8) is 0 Å². The maximum atomic E-state index is 12.9. The number of phenolic OH excluding ortho intramolecular Hbond substituents is 1. The Hall–Kier alpha value is -3.36. The van der Waals surface area contributed by atoms with E-state index in [1.807, 2.05) is 24.3 Å². The van der Waals surface area contributed by atoms with E-state index >= 15 is 0 Å². The van der Waals surface area contributed by atoms with Crippen molar-refractivity contribution >= 4 is 26.7 Å². The van der Waals surface area contributed by atoms with Crippen LogP contribution in [0.15, 0.2) is 71.6 Å². The largest absolute Gasteiger partial charge is 0.508 e. The van der Waals surface area contributed by atoms with Crippen LogP contribution < -0.4 is 4.72 Å². The van der Waals surface area contributed by atoms with Crippen LogP contribution in [0, 0.1) is 0 Å². The summed E-state index contributed by atoms with van der Waals surface area (Å²) in [6, 6.07) is 18.6. The van der Waals surface area contributed by atoms with Crippen molar-refractivity contribution in [3.8, 4) is 17.1 Å². The van der Waals surface area contributed by atoms with Gasteiger partial charge in [-0.3, -0.25) is 9.62 Å². The minimum atomic E-state index is -3.83. The number of aromatic nitrogens is 2. The smallest absolute Gasteiger partial charge is 0.261 e. The van der Waals surface area contributed by atoms with Crippen LogP contribution in [0.3, 0.4) is 0 Å². The van der Waals surface area contributed by atoms with E-state index < -0.39 is 10.0 Å². The van der Waals surface area contributed by atoms with Crippen LogP contribution in [0.2, 0.25) is 0 Å². The number of rotatable bonds is 8. The average molecular weight is 451 g/mol. The molecule has 0 atom stereocenters. The highest BCUT2D eigenvalue weighted by atomic mass is 32.2. The van der Waals surface area contributed by atoms with Gasteiger partial charge in [-0.1, -0.05) is 38.1 Å². The molecule has 0 aliphatic carbocycles. The number of H-pyrrole nitrogens is 1. The highest BCUT2D eigenvalue weighted by Gasteiger charge is 2.18. The second-order valence-corrected chi connectivity index (χ2v) is 9.19. The van der Waals surface area contributed by atoms with Crippen LogP contribution in [0.5, 0.6) is 5.75 Å². The maximum absolute atomic E-state index is 12.9. The lowest BCUT2D eigenvalue weighted by Crippen LogP contribution is -2.22. The number of anilines is 1. The molecule has 0 fully saturated rings. The Balaban J connectivity index is 1.72. The molecule has 166 valence electrons. The number of sulfonamides is 1. The molecule has 1 aromatic heterocycles. The van der Waals surface area contributed by atoms with Crippen molar-refractivity contribution in [2.45, 2.75) is 25.3 Å². The first-order chi connectivity index (χ1) is 15.4. The molecule has 0 aliphatic rings. The third-order valence-corrected chi connectivity index (χ3v) is 6.84. The summed E-state index contributed by atoms with van der Waals surface area (Å²) in [5, 5.41) is 9.45. The Morgan fingerprint density at radius 2 is 1.69 bits per heavy atom. The molecule has 0 aliphatic heterocycles. The number of aromatic hydroxyl groups is 1. The number of hydrogen-bond donors (Lipinski definition) is 3. The lowest BCUT2D eigenvalue weighted by molar-refractivity contribution is 0.297. The Morgan fingerprint density at radius 3 is 2.41 bits per heavy atom. The Labute approximate surface area is 187 Å². The summed E-state index contributed by atoms with van der Waals surface area (Å²) in [5.74, 6) is 0.600. The molecule has 0 saturated carbocycles. The van der Waals surface area contributed by atoms with Crippen molar-refractivity contribution < 1.29 is 13.5 Å². The molecular formula is C24H26N4O3S. The van der Waals surface area contributed by atoms with Crippen molar-refractivity contribution in [2.24, 2.45) is 0 Å². The minimum absolute atomic E-state index is 0.00661. The number of imidazole rings is 1. The Kier molecular flexibility index (Phi) is 6.16. The molecule has 0 radical (unpaired) electrons. The number of hydrogen-bond acceptors (Lipinski definition) is 5. The van der Waals surface area contributed by atoms with Gasteiger partial charge in [-0.15, -0.1) is 0 Å². The summed E-state index contributed by atoms with van der Waals surface area (Å²) in [6.45, 7) is 6.97. The second-order valence-electron chi connectivity index (χ2n) is 7.51. The molecule has 3 aromatic carbocycles. The highest BCUT2D eigenvalue weighted by molar-refractivity contribution is 7.92. The fourth-order valence-electron chi connectivity index (χ4n) is 3.64. The van der Waals surface area contributed by atoms with Crippen LogP contribution in [-0.2, 0) is 16.6 Å². The summed E-state index contributed by atoms with van der Waals surface area (Å²) >= 11 is 0. The molecular weight excluding hydrogens is 424 g/mol. The Bertz CT molecular complexity index is 1330. The molecule has 3 N–H and O–H groups in total. The first kappa shape index (κ1) is 21.9. The maximum Gasteiger partial charge on any atom is 0.261 e. The molecule has 0 saturated heterocycles. The van der Waals surface area contributed by atoms with Gasteiger partial charge < -0.3 is 10.1 Å². The topological polar surface area (TPSA) is 98.3 Å². The quantitative estimate of drug-likeness (QED) is 0.365. The zero-order valence-corrected chi connectivity index (χ0v) is 18.9. The second kappa shape index (κ2) is 9.02. The normalized spacial score (nSPS) is 11.8. The van der Waals surface area contributed by atoms with Crippen molar-refractivity contribution in [1.29, 1.82) is 0 Å². The number of aromatic amines is 1. The lowest BCUT2D eigenvalue weighted by atomic mass is 10.1. The summed E-state index contributed by atoms with van der Waals surface area (Å²) in [4.78, 5) is 10.6. The molecule has 0 amide bonds. The van der Waals surface area contributed by atoms with Crippen molar-refractivity contribution in [3.05, 3.63) is 72.3 Å². The van der Waals surface area contributed by atoms with E-state index in [9.17, 15) is 13.5 Å². The van der Waals surface area contributed by atoms with Gasteiger partial charge in [-0.2, -0.15) is 0 Å². The fourth-order valence-corrected chi connectivity index (χ4v) is 4.72. The zero-order chi connectivity index (χ0) is 22.7. The number of phenols is 1. The van der Waals surface area contributed by atoms with Crippen LogP contribution in [-0.4, -0.2) is 41.5 Å². The average Bonchev–Trinajstić information content (AvgIpc) is 3.23. The van der Waals surface area contributed by atoms with Gasteiger partial charge in [0.15, 0.2) is 0 Å². The van der Waals surface area contributed by atoms with E-state index in [1.165, 1.54) is 24.3 Å². The molecule has 0 bridgehead atoms. The molecule has 1 heterocycles. The molecule has 4 rings (SSSR count). The van der Waals surface area contributed by atoms with Gasteiger partial charge in [0.05, 0.1) is 21.6 Å². The molecule has 0 unspecified atom stereocenters. The number of para-hydroxylation sites is 2. The molecule has 32 heavy (non-hydrogen) atoms. The number of benzene rings is 3. The van der Waals surface area contributed by atoms with E-state index in [0.29, 0.717) is 17.1 Å². The molecule has 4 aromatic rings. The first-order valence-corrected chi connectivity index (χ1v) is 12.0. The van der Waals surface area contributed by atoms with E-state index in [2.05, 4.69) is 34.5 Å². The van der Waals surface area contributed by atoms with Crippen LogP contribution in [0.4, 0.5) is 5.69 Å². The molecule has 7 nitrogen and oxygen atoms in total. The predicted molar refractivity (Wildman–Crippen MR) is 127 cm³/mol. The summed E-state index contributed by atoms with van der Waals surface area (Å²) < 4.78 is 28.4. The van der Waals surface area contributed by atoms with E-state index in [4.69, 9.17) is 4.98 Å². The van der Waals surface area contributed by atoms with Gasteiger partial charge in [0.2, 0.25) is 0 Å². The van der Waals surface area contributed by atoms with Crippen LogP contribution >= 0.6 is 0 Å². The van der Waals surface area contributed by atoms with Gasteiger partial charge in [0.25, 0.3) is 10.0 Å². The third kappa shape index (κ3) is 4.46. The van der Waals surface area contributed by atoms with Gasteiger partial charge in [0.1, 0.15) is 11.6 Å². The zero-order valence-electron chi connectivity index (χ0n) is 18.0. The van der Waals surface area contributed by atoms with Crippen LogP contribution in [0.25, 0.3) is 22.4 Å². The van der Waals surface area contributed by atoms with Crippen LogP contribution in [0.1, 0.15) is 19.4 Å². The summed E-state index contributed by atoms with van der Waals surface area (Å²) in [5.41, 5.74) is 3.98. The number of fused-ring (bicyclic) bond motifs is 1. The van der Waals surface area contributed by atoms with Crippen molar-refractivity contribution in [2.75, 3.05) is 17.8 Å². The fraction of sp³-hybridized carbons (Fsp3) is 0.208. The lowest BCUT2D eigenvalue weighted by Gasteiger charge is -2.18. The summed E-state index contributed by atoms with van der Waals surface area (Å²) in [6.07, 6.45) is 0. The molecule has 8 heteroatoms. The minimum Gasteiger partial charge on any atom is -0.508 e. The number of nitrogens with one attached hydrogen (secondary N) is 2. The van der Waals surface area contributed by atoms with Gasteiger partial charge in [-0.05, 0) is 61.1 Å². The highest BCUT2D eigenvalue weighted by Crippen LogP contribution is 2.30. The van der Waals surface area contributed by atoms with Gasteiger partial charge >= 0.3 is 0 Å². The van der Waals surface area contributed by atoms with Gasteiger partial charge in [0, 0.05) is 12.1 Å². The van der Waals surface area contributed by atoms with E-state index in [1.54, 1.807) is 12.1 Å². The Morgan fingerprint density at radius 1 is 0.969 bits per heavy atom. The first-order valence-electron chi connectivity index (χ1n) is 10.5. The van der Waals surface area contributed by atoms with E-state index in [0.717, 1.165) is 36.2 Å². The van der Waals surface area contributed by atoms with Gasteiger partial charge in [-0.25, -0.2) is 13.4 Å². The summed E-state index contributed by atoms with van der Waals surface area (Å²) in [7, 11) is -3.83. The van der Waals surface area contributed by atoms with Crippen molar-refractivity contribution in [1.82, 2.24) is 14.9 Å². The standard InChI is InChI=1S/C24H26N4O3S/c1-3-28(4-2)16-17-8-7-11-22-23(17)26-24(25-22)20-9-5-6-10-21(20)27-32(30,31)19-14-12-18(29)13-15-19/h5-15,27,29H,3-4,16H2,1-2H3,(H,25,26). The third-order valence-electron chi connectivity index (χ3n) is 5.46. The number of nitrogens with zero attached hydrogens (tertiary/aromatic N) is 2.